The fourth-order valence-electron chi connectivity index (χ4n) is 3.02. The van der Waals surface area contributed by atoms with Gasteiger partial charge in [-0.2, -0.15) is 0 Å². The van der Waals surface area contributed by atoms with Crippen LogP contribution in [0.2, 0.25) is 0 Å². The van der Waals surface area contributed by atoms with Crippen LogP contribution in [0.1, 0.15) is 27.0 Å². The minimum absolute atomic E-state index is 0.127. The van der Waals surface area contributed by atoms with Gasteiger partial charge in [0.05, 0.1) is 10.5 Å². The van der Waals surface area contributed by atoms with Crippen LogP contribution in [0.3, 0.4) is 0 Å². The Hall–Kier alpha value is -2.18. The van der Waals surface area contributed by atoms with Gasteiger partial charge in [-0.1, -0.05) is 23.8 Å². The minimum Gasteiger partial charge on any atom is -0.308 e. The van der Waals surface area contributed by atoms with E-state index >= 15 is 0 Å². The van der Waals surface area contributed by atoms with E-state index in [9.17, 15) is 13.2 Å². The number of fused-ring (bicyclic) bond motifs is 1. The lowest BCUT2D eigenvalue weighted by Crippen LogP contribution is -2.31. The van der Waals surface area contributed by atoms with Crippen LogP contribution in [-0.2, 0) is 16.4 Å². The number of nitrogens with two attached hydrogens (primary N) is 1. The molecule has 2 aromatic carbocycles. The first-order valence-corrected chi connectivity index (χ1v) is 8.87. The molecule has 1 heterocycles. The number of hydrogen-bond donors (Lipinski definition) is 1. The molecule has 0 aliphatic carbocycles. The molecule has 120 valence electrons. The first-order valence-electron chi connectivity index (χ1n) is 7.33. The molecular formula is C17H18N2O3S. The van der Waals surface area contributed by atoms with Crippen LogP contribution in [0.25, 0.3) is 0 Å². The summed E-state index contributed by atoms with van der Waals surface area (Å²) in [7, 11) is -3.96. The molecule has 0 unspecified atom stereocenters. The van der Waals surface area contributed by atoms with Crippen molar-refractivity contribution in [3.8, 4) is 0 Å². The highest BCUT2D eigenvalue weighted by molar-refractivity contribution is 7.89. The molecule has 0 bridgehead atoms. The normalized spacial score (nSPS) is 14.0. The van der Waals surface area contributed by atoms with Gasteiger partial charge in [0.1, 0.15) is 0 Å². The molecular weight excluding hydrogens is 312 g/mol. The third-order valence-electron chi connectivity index (χ3n) is 4.18. The number of sulfonamides is 1. The molecule has 1 aliphatic heterocycles. The fraction of sp³-hybridized carbons (Fsp3) is 0.235. The van der Waals surface area contributed by atoms with Crippen LogP contribution in [0.5, 0.6) is 0 Å². The largest absolute Gasteiger partial charge is 0.308 e. The van der Waals surface area contributed by atoms with E-state index in [2.05, 4.69) is 0 Å². The zero-order valence-electron chi connectivity index (χ0n) is 13.0. The van der Waals surface area contributed by atoms with E-state index in [1.54, 1.807) is 17.0 Å². The standard InChI is InChI=1S/C17H18N2O3S/c1-11-6-7-16(23(18,21)22)14(10-11)17(20)19-9-8-13-12(2)4-3-5-15(13)19/h3-7,10H,8-9H2,1-2H3,(H2,18,21,22). The lowest BCUT2D eigenvalue weighted by molar-refractivity contribution is 0.0986. The Morgan fingerprint density at radius 2 is 1.91 bits per heavy atom. The molecule has 0 saturated carbocycles. The lowest BCUT2D eigenvalue weighted by Gasteiger charge is -2.19. The summed E-state index contributed by atoms with van der Waals surface area (Å²) in [6, 6.07) is 10.4. The summed E-state index contributed by atoms with van der Waals surface area (Å²) in [5, 5.41) is 5.26. The van der Waals surface area contributed by atoms with Crippen molar-refractivity contribution >= 4 is 21.6 Å². The topological polar surface area (TPSA) is 80.5 Å². The van der Waals surface area contributed by atoms with Crippen molar-refractivity contribution in [2.75, 3.05) is 11.4 Å². The third-order valence-corrected chi connectivity index (χ3v) is 5.15. The van der Waals surface area contributed by atoms with Gasteiger partial charge in [0.25, 0.3) is 5.91 Å². The van der Waals surface area contributed by atoms with Crippen LogP contribution >= 0.6 is 0 Å². The smallest absolute Gasteiger partial charge is 0.259 e. The Bertz CT molecular complexity index is 904. The van der Waals surface area contributed by atoms with Crippen molar-refractivity contribution in [2.24, 2.45) is 5.14 Å². The minimum atomic E-state index is -3.96. The predicted octanol–water partition coefficient (Wildman–Crippen LogP) is 2.15. The van der Waals surface area contributed by atoms with Crippen LogP contribution in [0.4, 0.5) is 5.69 Å². The van der Waals surface area contributed by atoms with Gasteiger partial charge in [-0.05, 0) is 49.6 Å². The number of primary sulfonamides is 1. The maximum Gasteiger partial charge on any atom is 0.259 e. The van der Waals surface area contributed by atoms with Gasteiger partial charge in [-0.3, -0.25) is 4.79 Å². The first kappa shape index (κ1) is 15.7. The zero-order chi connectivity index (χ0) is 16.8. The highest BCUT2D eigenvalue weighted by atomic mass is 32.2. The van der Waals surface area contributed by atoms with Gasteiger partial charge in [0, 0.05) is 12.2 Å². The molecule has 0 radical (unpaired) electrons. The number of benzene rings is 2. The fourth-order valence-corrected chi connectivity index (χ4v) is 3.73. The summed E-state index contributed by atoms with van der Waals surface area (Å²) in [6.07, 6.45) is 0.768. The quantitative estimate of drug-likeness (QED) is 0.916. The number of hydrogen-bond acceptors (Lipinski definition) is 3. The highest BCUT2D eigenvalue weighted by Crippen LogP contribution is 2.32. The molecule has 2 aromatic rings. The summed E-state index contributed by atoms with van der Waals surface area (Å²) in [5.74, 6) is -0.331. The predicted molar refractivity (Wildman–Crippen MR) is 89.1 cm³/mol. The highest BCUT2D eigenvalue weighted by Gasteiger charge is 2.29. The summed E-state index contributed by atoms with van der Waals surface area (Å²) < 4.78 is 23.6. The van der Waals surface area contributed by atoms with E-state index in [1.807, 2.05) is 32.0 Å². The Labute approximate surface area is 135 Å². The van der Waals surface area contributed by atoms with E-state index in [1.165, 1.54) is 6.07 Å². The second-order valence-corrected chi connectivity index (χ2v) is 7.35. The monoisotopic (exact) mass is 330 g/mol. The van der Waals surface area contributed by atoms with E-state index < -0.39 is 10.0 Å². The molecule has 2 N–H and O–H groups in total. The van der Waals surface area contributed by atoms with E-state index in [0.717, 1.165) is 28.8 Å². The van der Waals surface area contributed by atoms with Gasteiger partial charge < -0.3 is 4.90 Å². The number of aryl methyl sites for hydroxylation is 2. The molecule has 5 nitrogen and oxygen atoms in total. The van der Waals surface area contributed by atoms with E-state index in [0.29, 0.717) is 6.54 Å². The van der Waals surface area contributed by atoms with Crippen molar-refractivity contribution in [1.82, 2.24) is 0 Å². The average molecular weight is 330 g/mol. The van der Waals surface area contributed by atoms with Crippen molar-refractivity contribution in [3.63, 3.8) is 0 Å². The molecule has 3 rings (SSSR count). The summed E-state index contributed by atoms with van der Waals surface area (Å²) in [6.45, 7) is 4.36. The van der Waals surface area contributed by atoms with Crippen LogP contribution < -0.4 is 10.0 Å². The number of rotatable bonds is 2. The van der Waals surface area contributed by atoms with Gasteiger partial charge in [0.2, 0.25) is 10.0 Å². The number of carbonyl (C=O) groups is 1. The average Bonchev–Trinajstić information content (AvgIpc) is 2.90. The molecule has 0 atom stereocenters. The van der Waals surface area contributed by atoms with Crippen LogP contribution in [0.15, 0.2) is 41.3 Å². The second kappa shape index (κ2) is 5.47. The number of nitrogens with zero attached hydrogens (tertiary/aromatic N) is 1. The maximum atomic E-state index is 12.9. The summed E-state index contributed by atoms with van der Waals surface area (Å²) >= 11 is 0. The van der Waals surface area contributed by atoms with E-state index in [4.69, 9.17) is 5.14 Å². The van der Waals surface area contributed by atoms with Crippen LogP contribution in [0, 0.1) is 13.8 Å². The molecule has 6 heteroatoms. The SMILES string of the molecule is Cc1ccc(S(N)(=O)=O)c(C(=O)N2CCc3c(C)cccc32)c1. The van der Waals surface area contributed by atoms with Gasteiger partial charge in [-0.15, -0.1) is 0 Å². The van der Waals surface area contributed by atoms with Crippen molar-refractivity contribution in [1.29, 1.82) is 0 Å². The van der Waals surface area contributed by atoms with Crippen molar-refractivity contribution in [3.05, 3.63) is 58.7 Å². The lowest BCUT2D eigenvalue weighted by atomic mass is 10.1. The molecule has 0 aromatic heterocycles. The molecule has 1 amide bonds. The summed E-state index contributed by atoms with van der Waals surface area (Å²) in [5.41, 5.74) is 4.04. The van der Waals surface area contributed by atoms with Gasteiger partial charge in [-0.25, -0.2) is 13.6 Å². The van der Waals surface area contributed by atoms with Crippen molar-refractivity contribution in [2.45, 2.75) is 25.2 Å². The Morgan fingerprint density at radius 1 is 1.17 bits per heavy atom. The Morgan fingerprint density at radius 3 is 2.61 bits per heavy atom. The maximum absolute atomic E-state index is 12.9. The van der Waals surface area contributed by atoms with Crippen molar-refractivity contribution < 1.29 is 13.2 Å². The number of carbonyl (C=O) groups excluding carboxylic acids is 1. The number of amides is 1. The molecule has 23 heavy (non-hydrogen) atoms. The third kappa shape index (κ3) is 2.75. The molecule has 0 saturated heterocycles. The van der Waals surface area contributed by atoms with Gasteiger partial charge in [0.15, 0.2) is 0 Å². The number of anilines is 1. The second-order valence-electron chi connectivity index (χ2n) is 5.82. The summed E-state index contributed by atoms with van der Waals surface area (Å²) in [4.78, 5) is 14.4. The zero-order valence-corrected chi connectivity index (χ0v) is 13.9. The first-order chi connectivity index (χ1) is 10.8. The van der Waals surface area contributed by atoms with E-state index in [-0.39, 0.29) is 16.4 Å². The van der Waals surface area contributed by atoms with Crippen LogP contribution in [-0.4, -0.2) is 20.9 Å². The Kier molecular flexibility index (Phi) is 3.74. The molecule has 0 spiro atoms. The Balaban J connectivity index is 2.11. The molecule has 0 fully saturated rings. The van der Waals surface area contributed by atoms with Gasteiger partial charge >= 0.3 is 0 Å². The molecule has 1 aliphatic rings.